The summed E-state index contributed by atoms with van der Waals surface area (Å²) in [4.78, 5) is 12.9. The first-order chi connectivity index (χ1) is 9.58. The Bertz CT molecular complexity index is 510. The fourth-order valence-electron chi connectivity index (χ4n) is 2.02. The molecule has 20 heavy (non-hydrogen) atoms. The van der Waals surface area contributed by atoms with Gasteiger partial charge >= 0.3 is 0 Å². The first-order valence-electron chi connectivity index (χ1n) is 6.40. The van der Waals surface area contributed by atoms with Gasteiger partial charge in [-0.3, -0.25) is 10.1 Å². The Hall–Kier alpha value is -2.15. The van der Waals surface area contributed by atoms with Gasteiger partial charge in [0.1, 0.15) is 5.69 Å². The van der Waals surface area contributed by atoms with Crippen molar-refractivity contribution in [3.8, 4) is 0 Å². The topological polar surface area (TPSA) is 71.2 Å². The molecule has 1 aromatic rings. The summed E-state index contributed by atoms with van der Waals surface area (Å²) in [5, 5.41) is 17.0. The minimum absolute atomic E-state index is 0.106. The minimum Gasteiger partial charge on any atom is -0.378 e. The Balaban J connectivity index is 2.30. The third kappa shape index (κ3) is 3.45. The molecule has 0 atom stereocenters. The van der Waals surface area contributed by atoms with Gasteiger partial charge in [-0.05, 0) is 6.07 Å². The smallest absolute Gasteiger partial charge is 0.293 e. The molecule has 2 rings (SSSR count). The van der Waals surface area contributed by atoms with Crippen molar-refractivity contribution in [3.63, 3.8) is 0 Å². The Morgan fingerprint density at radius 3 is 2.70 bits per heavy atom. The first kappa shape index (κ1) is 14.3. The molecule has 0 saturated carbocycles. The molecule has 1 aromatic carbocycles. The van der Waals surface area contributed by atoms with E-state index in [0.29, 0.717) is 37.6 Å². The predicted molar refractivity (Wildman–Crippen MR) is 77.4 cm³/mol. The number of nitrogens with zero attached hydrogens (tertiary/aromatic N) is 4. The van der Waals surface area contributed by atoms with Crippen LogP contribution < -0.4 is 4.90 Å². The molecule has 1 saturated heterocycles. The summed E-state index contributed by atoms with van der Waals surface area (Å²) in [6, 6.07) is 5.17. The van der Waals surface area contributed by atoms with Crippen LogP contribution in [0.1, 0.15) is 5.56 Å². The van der Waals surface area contributed by atoms with Crippen LogP contribution in [0.15, 0.2) is 23.3 Å². The number of benzene rings is 1. The maximum absolute atomic E-state index is 11.2. The number of anilines is 1. The van der Waals surface area contributed by atoms with E-state index in [2.05, 4.69) is 5.10 Å². The van der Waals surface area contributed by atoms with Crippen LogP contribution in [-0.2, 0) is 4.74 Å². The summed E-state index contributed by atoms with van der Waals surface area (Å²) < 4.78 is 5.27. The number of rotatable bonds is 4. The van der Waals surface area contributed by atoms with Gasteiger partial charge in [0.05, 0.1) is 24.4 Å². The SMILES string of the molecule is CN(C)/N=C\c1ccc(N2CCOCC2)c([N+](=O)[O-])c1. The summed E-state index contributed by atoms with van der Waals surface area (Å²) >= 11 is 0. The van der Waals surface area contributed by atoms with E-state index in [0.717, 1.165) is 0 Å². The molecule has 0 aliphatic carbocycles. The van der Waals surface area contributed by atoms with Gasteiger partial charge in [-0.25, -0.2) is 0 Å². The summed E-state index contributed by atoms with van der Waals surface area (Å²) in [5.41, 5.74) is 1.46. The molecule has 7 heteroatoms. The van der Waals surface area contributed by atoms with Crippen LogP contribution in [0.3, 0.4) is 0 Å². The number of morpholine rings is 1. The van der Waals surface area contributed by atoms with Gasteiger partial charge in [-0.2, -0.15) is 5.10 Å². The molecule has 108 valence electrons. The normalized spacial score (nSPS) is 15.6. The first-order valence-corrected chi connectivity index (χ1v) is 6.40. The molecule has 0 amide bonds. The van der Waals surface area contributed by atoms with Crippen LogP contribution in [0.5, 0.6) is 0 Å². The zero-order valence-corrected chi connectivity index (χ0v) is 11.7. The molecular formula is C13H18N4O3. The van der Waals surface area contributed by atoms with Gasteiger partial charge in [-0.15, -0.1) is 0 Å². The van der Waals surface area contributed by atoms with Crippen molar-refractivity contribution in [1.29, 1.82) is 0 Å². The standard InChI is InChI=1S/C13H18N4O3/c1-15(2)14-10-11-3-4-12(13(9-11)17(18)19)16-5-7-20-8-6-16/h3-4,9-10H,5-8H2,1-2H3/b14-10-. The molecule has 0 bridgehead atoms. The molecule has 0 N–H and O–H groups in total. The molecule has 1 heterocycles. The van der Waals surface area contributed by atoms with Gasteiger partial charge in [0.25, 0.3) is 5.69 Å². The molecule has 7 nitrogen and oxygen atoms in total. The Labute approximate surface area is 117 Å². The second-order valence-electron chi connectivity index (χ2n) is 4.70. The monoisotopic (exact) mass is 278 g/mol. The Morgan fingerprint density at radius 2 is 2.10 bits per heavy atom. The van der Waals surface area contributed by atoms with Crippen LogP contribution in [0.4, 0.5) is 11.4 Å². The maximum atomic E-state index is 11.2. The quantitative estimate of drug-likeness (QED) is 0.472. The van der Waals surface area contributed by atoms with Crippen molar-refractivity contribution in [2.75, 3.05) is 45.3 Å². The highest BCUT2D eigenvalue weighted by Gasteiger charge is 2.21. The Kier molecular flexibility index (Phi) is 4.52. The lowest BCUT2D eigenvalue weighted by molar-refractivity contribution is -0.384. The number of hydrogen-bond donors (Lipinski definition) is 0. The van der Waals surface area contributed by atoms with Gasteiger partial charge in [-0.1, -0.05) is 6.07 Å². The third-order valence-electron chi connectivity index (χ3n) is 2.99. The molecular weight excluding hydrogens is 260 g/mol. The van der Waals surface area contributed by atoms with E-state index in [1.807, 2.05) is 11.0 Å². The molecule has 0 radical (unpaired) electrons. The van der Waals surface area contributed by atoms with Crippen LogP contribution in [0.2, 0.25) is 0 Å². The average molecular weight is 278 g/mol. The van der Waals surface area contributed by atoms with E-state index in [-0.39, 0.29) is 10.6 Å². The van der Waals surface area contributed by atoms with Crippen molar-refractivity contribution >= 4 is 17.6 Å². The van der Waals surface area contributed by atoms with E-state index in [1.165, 1.54) is 0 Å². The fraction of sp³-hybridized carbons (Fsp3) is 0.462. The number of hydrogen-bond acceptors (Lipinski definition) is 6. The molecule has 1 aliphatic rings. The average Bonchev–Trinajstić information content (AvgIpc) is 2.45. The number of hydrazone groups is 1. The molecule has 0 aromatic heterocycles. The third-order valence-corrected chi connectivity index (χ3v) is 2.99. The second-order valence-corrected chi connectivity index (χ2v) is 4.70. The van der Waals surface area contributed by atoms with Gasteiger partial charge < -0.3 is 14.6 Å². The molecule has 0 spiro atoms. The van der Waals surface area contributed by atoms with Crippen molar-refractivity contribution < 1.29 is 9.66 Å². The summed E-state index contributed by atoms with van der Waals surface area (Å²) in [5.74, 6) is 0. The highest BCUT2D eigenvalue weighted by atomic mass is 16.6. The lowest BCUT2D eigenvalue weighted by Crippen LogP contribution is -2.36. The van der Waals surface area contributed by atoms with Gasteiger partial charge in [0.2, 0.25) is 0 Å². The van der Waals surface area contributed by atoms with E-state index >= 15 is 0 Å². The van der Waals surface area contributed by atoms with E-state index in [9.17, 15) is 10.1 Å². The lowest BCUT2D eigenvalue weighted by Gasteiger charge is -2.28. The van der Waals surface area contributed by atoms with Crippen LogP contribution in [-0.4, -0.2) is 56.5 Å². The summed E-state index contributed by atoms with van der Waals surface area (Å²) in [6.45, 7) is 2.54. The van der Waals surface area contributed by atoms with Gasteiger partial charge in [0.15, 0.2) is 0 Å². The predicted octanol–water partition coefficient (Wildman–Crippen LogP) is 1.33. The zero-order valence-electron chi connectivity index (χ0n) is 11.7. The number of nitro benzene ring substituents is 1. The number of ether oxygens (including phenoxy) is 1. The molecule has 1 aliphatic heterocycles. The lowest BCUT2D eigenvalue weighted by atomic mass is 10.1. The van der Waals surface area contributed by atoms with Crippen LogP contribution in [0, 0.1) is 10.1 Å². The van der Waals surface area contributed by atoms with E-state index < -0.39 is 0 Å². The molecule has 1 fully saturated rings. The van der Waals surface area contributed by atoms with Crippen molar-refractivity contribution in [3.05, 3.63) is 33.9 Å². The summed E-state index contributed by atoms with van der Waals surface area (Å²) in [7, 11) is 3.60. The highest BCUT2D eigenvalue weighted by molar-refractivity contribution is 5.83. The maximum Gasteiger partial charge on any atom is 0.293 e. The van der Waals surface area contributed by atoms with Gasteiger partial charge in [0, 0.05) is 38.8 Å². The Morgan fingerprint density at radius 1 is 1.40 bits per heavy atom. The highest BCUT2D eigenvalue weighted by Crippen LogP contribution is 2.29. The fourth-order valence-corrected chi connectivity index (χ4v) is 2.02. The van der Waals surface area contributed by atoms with E-state index in [4.69, 9.17) is 4.74 Å². The zero-order chi connectivity index (χ0) is 14.5. The largest absolute Gasteiger partial charge is 0.378 e. The van der Waals surface area contributed by atoms with Crippen LogP contribution in [0.25, 0.3) is 0 Å². The van der Waals surface area contributed by atoms with Crippen molar-refractivity contribution in [2.24, 2.45) is 5.10 Å². The van der Waals surface area contributed by atoms with Crippen molar-refractivity contribution in [2.45, 2.75) is 0 Å². The van der Waals surface area contributed by atoms with E-state index in [1.54, 1.807) is 37.5 Å². The summed E-state index contributed by atoms with van der Waals surface area (Å²) in [6.07, 6.45) is 1.61. The minimum atomic E-state index is -0.349. The molecule has 0 unspecified atom stereocenters. The van der Waals surface area contributed by atoms with Crippen molar-refractivity contribution in [1.82, 2.24) is 5.01 Å². The van der Waals surface area contributed by atoms with Crippen LogP contribution >= 0.6 is 0 Å². The number of nitro groups is 1. The second kappa shape index (κ2) is 6.33.